The van der Waals surface area contributed by atoms with Crippen molar-refractivity contribution >= 4 is 22.3 Å². The molecule has 0 amide bonds. The molecule has 5 nitrogen and oxygen atoms in total. The van der Waals surface area contributed by atoms with E-state index in [1.54, 1.807) is 12.1 Å². The highest BCUT2D eigenvalue weighted by Crippen LogP contribution is 2.37. The van der Waals surface area contributed by atoms with Gasteiger partial charge in [0.15, 0.2) is 5.82 Å². The summed E-state index contributed by atoms with van der Waals surface area (Å²) in [5, 5.41) is 14.5. The van der Waals surface area contributed by atoms with Gasteiger partial charge in [0.05, 0.1) is 22.1 Å². The zero-order valence-electron chi connectivity index (χ0n) is 11.7. The molecule has 1 aliphatic rings. The van der Waals surface area contributed by atoms with Crippen molar-refractivity contribution in [2.45, 2.75) is 19.8 Å². The summed E-state index contributed by atoms with van der Waals surface area (Å²) in [6.45, 7) is 2.77. The predicted octanol–water partition coefficient (Wildman–Crippen LogP) is 3.74. The minimum atomic E-state index is -0.629. The van der Waals surface area contributed by atoms with E-state index in [4.69, 9.17) is 0 Å². The molecule has 1 aliphatic carbocycles. The lowest BCUT2D eigenvalue weighted by Gasteiger charge is -2.14. The maximum atomic E-state index is 14.2. The molecule has 1 aromatic carbocycles. The molecule has 0 radical (unpaired) electrons. The summed E-state index contributed by atoms with van der Waals surface area (Å²) >= 11 is 0. The molecule has 21 heavy (non-hydrogen) atoms. The lowest BCUT2D eigenvalue weighted by atomic mass is 10.1. The van der Waals surface area contributed by atoms with Gasteiger partial charge in [-0.25, -0.2) is 4.39 Å². The van der Waals surface area contributed by atoms with Crippen molar-refractivity contribution in [2.75, 3.05) is 11.9 Å². The molecule has 6 heteroatoms. The van der Waals surface area contributed by atoms with Gasteiger partial charge in [0, 0.05) is 12.7 Å². The van der Waals surface area contributed by atoms with Crippen LogP contribution in [0, 0.1) is 27.8 Å². The van der Waals surface area contributed by atoms with E-state index < -0.39 is 10.7 Å². The highest BCUT2D eigenvalue weighted by Gasteiger charge is 2.28. The first-order valence-corrected chi connectivity index (χ1v) is 7.03. The number of rotatable bonds is 5. The number of halogens is 1. The molecule has 1 unspecified atom stereocenters. The number of nitrogens with one attached hydrogen (secondary N) is 1. The molecule has 1 saturated carbocycles. The maximum Gasteiger partial charge on any atom is 0.281 e. The van der Waals surface area contributed by atoms with E-state index in [0.717, 1.165) is 6.07 Å². The Hall–Kier alpha value is -2.24. The number of aromatic nitrogens is 1. The third-order valence-electron chi connectivity index (χ3n) is 4.05. The number of non-ortho nitro benzene ring substituents is 1. The number of anilines is 1. The van der Waals surface area contributed by atoms with E-state index in [1.807, 2.05) is 0 Å². The van der Waals surface area contributed by atoms with E-state index in [1.165, 1.54) is 19.0 Å². The summed E-state index contributed by atoms with van der Waals surface area (Å²) in [5.74, 6) is 0.534. The Balaban J connectivity index is 1.99. The van der Waals surface area contributed by atoms with Crippen molar-refractivity contribution in [1.29, 1.82) is 0 Å². The predicted molar refractivity (Wildman–Crippen MR) is 78.7 cm³/mol. The van der Waals surface area contributed by atoms with Gasteiger partial charge in [0.2, 0.25) is 0 Å². The van der Waals surface area contributed by atoms with E-state index in [-0.39, 0.29) is 11.4 Å². The Bertz CT molecular complexity index is 701. The average molecular weight is 289 g/mol. The molecule has 1 atom stereocenters. The molecule has 1 fully saturated rings. The summed E-state index contributed by atoms with van der Waals surface area (Å²) in [5.41, 5.74) is 0.312. The number of benzene rings is 1. The third kappa shape index (κ3) is 2.66. The molecular formula is C15H16FN3O2. The first-order chi connectivity index (χ1) is 10.1. The fourth-order valence-electron chi connectivity index (χ4n) is 2.61. The van der Waals surface area contributed by atoms with Crippen LogP contribution < -0.4 is 5.32 Å². The minimum absolute atomic E-state index is 0.253. The SMILES string of the molecule is CC(CNc1c(F)cc([N+](=O)[O-])c2cccnc12)C1CC1. The second-order valence-corrected chi connectivity index (χ2v) is 5.60. The third-order valence-corrected chi connectivity index (χ3v) is 4.05. The molecule has 1 heterocycles. The van der Waals surface area contributed by atoms with Crippen molar-refractivity contribution in [3.8, 4) is 0 Å². The van der Waals surface area contributed by atoms with E-state index >= 15 is 0 Å². The summed E-state index contributed by atoms with van der Waals surface area (Å²) in [7, 11) is 0. The van der Waals surface area contributed by atoms with E-state index in [2.05, 4.69) is 17.2 Å². The van der Waals surface area contributed by atoms with E-state index in [0.29, 0.717) is 29.3 Å². The van der Waals surface area contributed by atoms with Crippen LogP contribution in [0.4, 0.5) is 15.8 Å². The van der Waals surface area contributed by atoms with Crippen LogP contribution in [0.15, 0.2) is 24.4 Å². The summed E-state index contributed by atoms with van der Waals surface area (Å²) in [6.07, 6.45) is 3.97. The van der Waals surface area contributed by atoms with Crippen molar-refractivity contribution in [3.63, 3.8) is 0 Å². The normalized spacial score (nSPS) is 15.9. The lowest BCUT2D eigenvalue weighted by molar-refractivity contribution is -0.383. The molecule has 110 valence electrons. The zero-order valence-corrected chi connectivity index (χ0v) is 11.7. The summed E-state index contributed by atoms with van der Waals surface area (Å²) in [6, 6.07) is 4.17. The topological polar surface area (TPSA) is 68.1 Å². The second kappa shape index (κ2) is 5.27. The van der Waals surface area contributed by atoms with Crippen LogP contribution in [0.25, 0.3) is 10.9 Å². The van der Waals surface area contributed by atoms with Crippen LogP contribution in [-0.4, -0.2) is 16.5 Å². The Morgan fingerprint density at radius 3 is 3.00 bits per heavy atom. The Kier molecular flexibility index (Phi) is 3.45. The number of pyridine rings is 1. The van der Waals surface area contributed by atoms with Gasteiger partial charge in [-0.3, -0.25) is 15.1 Å². The van der Waals surface area contributed by atoms with Crippen molar-refractivity contribution < 1.29 is 9.31 Å². The number of fused-ring (bicyclic) bond motifs is 1. The standard InChI is InChI=1S/C15H16FN3O2/c1-9(10-4-5-10)8-18-15-12(16)7-13(19(20)21)11-3-2-6-17-14(11)15/h2-3,6-7,9-10,18H,4-5,8H2,1H3. The molecule has 1 aromatic heterocycles. The fraction of sp³-hybridized carbons (Fsp3) is 0.400. The van der Waals surface area contributed by atoms with Gasteiger partial charge < -0.3 is 5.32 Å². The quantitative estimate of drug-likeness (QED) is 0.672. The van der Waals surface area contributed by atoms with Gasteiger partial charge in [0.1, 0.15) is 5.52 Å². The number of nitrogens with zero attached hydrogens (tertiary/aromatic N) is 2. The Morgan fingerprint density at radius 2 is 2.33 bits per heavy atom. The lowest BCUT2D eigenvalue weighted by Crippen LogP contribution is -2.14. The van der Waals surface area contributed by atoms with Crippen LogP contribution in [0.1, 0.15) is 19.8 Å². The number of hydrogen-bond donors (Lipinski definition) is 1. The molecule has 2 aromatic rings. The zero-order chi connectivity index (χ0) is 15.0. The Morgan fingerprint density at radius 1 is 1.57 bits per heavy atom. The Labute approximate surface area is 121 Å². The molecule has 0 saturated heterocycles. The molecule has 1 N–H and O–H groups in total. The maximum absolute atomic E-state index is 14.2. The smallest absolute Gasteiger partial charge is 0.281 e. The molecule has 3 rings (SSSR count). The van der Waals surface area contributed by atoms with Crippen molar-refractivity contribution in [3.05, 3.63) is 40.3 Å². The van der Waals surface area contributed by atoms with Crippen LogP contribution in [0.5, 0.6) is 0 Å². The van der Waals surface area contributed by atoms with Crippen molar-refractivity contribution in [2.24, 2.45) is 11.8 Å². The first kappa shape index (κ1) is 13.7. The second-order valence-electron chi connectivity index (χ2n) is 5.60. The van der Waals surface area contributed by atoms with Gasteiger partial charge in [0.25, 0.3) is 5.69 Å². The largest absolute Gasteiger partial charge is 0.381 e. The van der Waals surface area contributed by atoms with Crippen LogP contribution in [0.2, 0.25) is 0 Å². The van der Waals surface area contributed by atoms with Crippen LogP contribution >= 0.6 is 0 Å². The highest BCUT2D eigenvalue weighted by molar-refractivity contribution is 5.97. The van der Waals surface area contributed by atoms with Crippen molar-refractivity contribution in [1.82, 2.24) is 4.98 Å². The number of nitro benzene ring substituents is 1. The molecule has 0 bridgehead atoms. The van der Waals surface area contributed by atoms with Gasteiger partial charge in [-0.15, -0.1) is 0 Å². The number of hydrogen-bond acceptors (Lipinski definition) is 4. The summed E-state index contributed by atoms with van der Waals surface area (Å²) < 4.78 is 14.2. The van der Waals surface area contributed by atoms with E-state index in [9.17, 15) is 14.5 Å². The van der Waals surface area contributed by atoms with Gasteiger partial charge in [-0.1, -0.05) is 6.92 Å². The molecule has 0 spiro atoms. The van der Waals surface area contributed by atoms with Crippen LogP contribution in [0.3, 0.4) is 0 Å². The van der Waals surface area contributed by atoms with Crippen LogP contribution in [-0.2, 0) is 0 Å². The average Bonchev–Trinajstić information content (AvgIpc) is 3.29. The minimum Gasteiger partial charge on any atom is -0.381 e. The van der Waals surface area contributed by atoms with Gasteiger partial charge >= 0.3 is 0 Å². The summed E-state index contributed by atoms with van der Waals surface area (Å²) in [4.78, 5) is 14.6. The fourth-order valence-corrected chi connectivity index (χ4v) is 2.61. The number of nitro groups is 1. The molecule has 0 aliphatic heterocycles. The highest BCUT2D eigenvalue weighted by atomic mass is 19.1. The van der Waals surface area contributed by atoms with Gasteiger partial charge in [-0.05, 0) is 36.8 Å². The molecular weight excluding hydrogens is 273 g/mol. The first-order valence-electron chi connectivity index (χ1n) is 7.03. The van der Waals surface area contributed by atoms with Gasteiger partial charge in [-0.2, -0.15) is 0 Å². The monoisotopic (exact) mass is 289 g/mol.